The van der Waals surface area contributed by atoms with E-state index in [0.29, 0.717) is 6.04 Å². The van der Waals surface area contributed by atoms with E-state index >= 15 is 0 Å². The van der Waals surface area contributed by atoms with Crippen molar-refractivity contribution < 1.29 is 9.53 Å². The molecule has 2 rings (SSSR count). The van der Waals surface area contributed by atoms with Gasteiger partial charge in [-0.15, -0.1) is 0 Å². The quantitative estimate of drug-likeness (QED) is 0.760. The molecule has 1 aromatic rings. The van der Waals surface area contributed by atoms with Crippen LogP contribution in [0.2, 0.25) is 0 Å². The number of rotatable bonds is 2. The fraction of sp³-hybridized carbons (Fsp3) is 0.500. The maximum Gasteiger partial charge on any atom is 0.339 e. The average molecular weight is 211 g/mol. The predicted molar refractivity (Wildman–Crippen MR) is 55.6 cm³/mol. The number of carbonyl (C=O) groups excluding carboxylic acids is 1. The zero-order valence-electron chi connectivity index (χ0n) is 8.08. The molecule has 14 heavy (non-hydrogen) atoms. The number of thiophene rings is 1. The second-order valence-corrected chi connectivity index (χ2v) is 4.12. The largest absolute Gasteiger partial charge is 0.465 e. The molecule has 1 aliphatic rings. The molecule has 0 amide bonds. The van der Waals surface area contributed by atoms with Gasteiger partial charge in [0.2, 0.25) is 0 Å². The Labute approximate surface area is 87.1 Å². The topological polar surface area (TPSA) is 38.3 Å². The highest BCUT2D eigenvalue weighted by Crippen LogP contribution is 2.29. The summed E-state index contributed by atoms with van der Waals surface area (Å²) in [5, 5.41) is 7.28. The summed E-state index contributed by atoms with van der Waals surface area (Å²) in [4.78, 5) is 11.4. The van der Waals surface area contributed by atoms with Crippen molar-refractivity contribution in [3.8, 4) is 0 Å². The van der Waals surface area contributed by atoms with E-state index in [4.69, 9.17) is 4.74 Å². The molecule has 4 heteroatoms. The molecule has 3 nitrogen and oxygen atoms in total. The molecular weight excluding hydrogens is 198 g/mol. The zero-order valence-corrected chi connectivity index (χ0v) is 8.89. The minimum absolute atomic E-state index is 0.227. The van der Waals surface area contributed by atoms with Crippen LogP contribution in [0.25, 0.3) is 0 Å². The number of ether oxygens (including phenoxy) is 1. The van der Waals surface area contributed by atoms with E-state index in [0.717, 1.165) is 24.1 Å². The minimum Gasteiger partial charge on any atom is -0.465 e. The maximum atomic E-state index is 11.4. The Bertz CT molecular complexity index is 329. The van der Waals surface area contributed by atoms with E-state index in [2.05, 4.69) is 5.32 Å². The van der Waals surface area contributed by atoms with E-state index < -0.39 is 0 Å². The fourth-order valence-electron chi connectivity index (χ4n) is 1.80. The van der Waals surface area contributed by atoms with E-state index in [1.165, 1.54) is 13.5 Å². The van der Waals surface area contributed by atoms with Crippen molar-refractivity contribution in [2.45, 2.75) is 18.9 Å². The minimum atomic E-state index is -0.227. The van der Waals surface area contributed by atoms with Crippen LogP contribution in [0.15, 0.2) is 10.8 Å². The van der Waals surface area contributed by atoms with Crippen LogP contribution in [-0.4, -0.2) is 19.6 Å². The summed E-state index contributed by atoms with van der Waals surface area (Å²) >= 11 is 1.56. The van der Waals surface area contributed by atoms with Crippen LogP contribution in [0.4, 0.5) is 0 Å². The summed E-state index contributed by atoms with van der Waals surface area (Å²) in [5.74, 6) is -0.227. The molecule has 0 spiro atoms. The normalized spacial score (nSPS) is 21.1. The summed E-state index contributed by atoms with van der Waals surface area (Å²) in [6, 6.07) is 0.343. The van der Waals surface area contributed by atoms with E-state index in [-0.39, 0.29) is 5.97 Å². The van der Waals surface area contributed by atoms with Gasteiger partial charge >= 0.3 is 5.97 Å². The van der Waals surface area contributed by atoms with E-state index in [1.807, 2.05) is 10.8 Å². The number of hydrogen-bond acceptors (Lipinski definition) is 4. The molecule has 0 aromatic carbocycles. The van der Waals surface area contributed by atoms with Crippen LogP contribution in [0.3, 0.4) is 0 Å². The molecule has 0 aliphatic carbocycles. The van der Waals surface area contributed by atoms with Crippen LogP contribution in [-0.2, 0) is 4.74 Å². The van der Waals surface area contributed by atoms with Gasteiger partial charge < -0.3 is 10.1 Å². The molecule has 0 saturated carbocycles. The van der Waals surface area contributed by atoms with Gasteiger partial charge in [-0.3, -0.25) is 0 Å². The lowest BCUT2D eigenvalue weighted by molar-refractivity contribution is 0.0599. The Morgan fingerprint density at radius 3 is 3.14 bits per heavy atom. The third-order valence-electron chi connectivity index (χ3n) is 2.53. The van der Waals surface area contributed by atoms with Crippen LogP contribution in [0.1, 0.15) is 34.8 Å². The second kappa shape index (κ2) is 4.11. The van der Waals surface area contributed by atoms with Crippen molar-refractivity contribution >= 4 is 17.3 Å². The summed E-state index contributed by atoms with van der Waals surface area (Å²) < 4.78 is 4.73. The Kier molecular flexibility index (Phi) is 2.84. The van der Waals surface area contributed by atoms with Crippen molar-refractivity contribution in [3.63, 3.8) is 0 Å². The van der Waals surface area contributed by atoms with Crippen molar-refractivity contribution in [3.05, 3.63) is 21.9 Å². The molecule has 1 aromatic heterocycles. The van der Waals surface area contributed by atoms with Gasteiger partial charge in [0, 0.05) is 11.4 Å². The maximum absolute atomic E-state index is 11.4. The number of hydrogen-bond donors (Lipinski definition) is 1. The highest BCUT2D eigenvalue weighted by atomic mass is 32.1. The van der Waals surface area contributed by atoms with Crippen LogP contribution < -0.4 is 5.32 Å². The van der Waals surface area contributed by atoms with Crippen LogP contribution in [0, 0.1) is 0 Å². The van der Waals surface area contributed by atoms with Crippen molar-refractivity contribution in [2.75, 3.05) is 13.7 Å². The molecular formula is C10H13NO2S. The summed E-state index contributed by atoms with van der Waals surface area (Å²) in [5.41, 5.74) is 1.82. The van der Waals surface area contributed by atoms with Crippen LogP contribution in [0.5, 0.6) is 0 Å². The first-order valence-electron chi connectivity index (χ1n) is 4.70. The highest BCUT2D eigenvalue weighted by Gasteiger charge is 2.23. The van der Waals surface area contributed by atoms with Gasteiger partial charge in [-0.1, -0.05) is 0 Å². The number of esters is 1. The Morgan fingerprint density at radius 2 is 2.50 bits per heavy atom. The van der Waals surface area contributed by atoms with Crippen molar-refractivity contribution in [2.24, 2.45) is 0 Å². The Balaban J connectivity index is 2.24. The SMILES string of the molecule is COC(=O)c1cscc1C1CCCN1. The van der Waals surface area contributed by atoms with Gasteiger partial charge in [0.1, 0.15) is 0 Å². The molecule has 1 atom stereocenters. The number of carbonyl (C=O) groups is 1. The first-order chi connectivity index (χ1) is 6.83. The van der Waals surface area contributed by atoms with Gasteiger partial charge in [0.15, 0.2) is 0 Å². The standard InChI is InChI=1S/C10H13NO2S/c1-13-10(12)8-6-14-5-7(8)9-3-2-4-11-9/h5-6,9,11H,2-4H2,1H3. The molecule has 0 bridgehead atoms. The number of methoxy groups -OCH3 is 1. The van der Waals surface area contributed by atoms with Gasteiger partial charge in [-0.2, -0.15) is 11.3 Å². The molecule has 1 fully saturated rings. The lowest BCUT2D eigenvalue weighted by Gasteiger charge is -2.09. The smallest absolute Gasteiger partial charge is 0.339 e. The third kappa shape index (κ3) is 1.67. The third-order valence-corrected chi connectivity index (χ3v) is 3.29. The lowest BCUT2D eigenvalue weighted by atomic mass is 10.0. The number of nitrogens with one attached hydrogen (secondary N) is 1. The molecule has 1 N–H and O–H groups in total. The van der Waals surface area contributed by atoms with Crippen molar-refractivity contribution in [1.29, 1.82) is 0 Å². The second-order valence-electron chi connectivity index (χ2n) is 3.38. The summed E-state index contributed by atoms with van der Waals surface area (Å²) in [7, 11) is 1.42. The summed E-state index contributed by atoms with van der Waals surface area (Å²) in [6.45, 7) is 1.04. The zero-order chi connectivity index (χ0) is 9.97. The van der Waals surface area contributed by atoms with Gasteiger partial charge in [0.05, 0.1) is 12.7 Å². The van der Waals surface area contributed by atoms with E-state index in [9.17, 15) is 4.79 Å². The Morgan fingerprint density at radius 1 is 1.64 bits per heavy atom. The van der Waals surface area contributed by atoms with Gasteiger partial charge in [-0.25, -0.2) is 4.79 Å². The molecule has 0 radical (unpaired) electrons. The fourth-order valence-corrected chi connectivity index (χ4v) is 2.68. The molecule has 2 heterocycles. The van der Waals surface area contributed by atoms with Gasteiger partial charge in [-0.05, 0) is 30.3 Å². The van der Waals surface area contributed by atoms with E-state index in [1.54, 1.807) is 11.3 Å². The summed E-state index contributed by atoms with van der Waals surface area (Å²) in [6.07, 6.45) is 2.29. The Hall–Kier alpha value is -0.870. The lowest BCUT2D eigenvalue weighted by Crippen LogP contribution is -2.15. The van der Waals surface area contributed by atoms with Crippen molar-refractivity contribution in [1.82, 2.24) is 5.32 Å². The molecule has 1 saturated heterocycles. The molecule has 1 aliphatic heterocycles. The van der Waals surface area contributed by atoms with Gasteiger partial charge in [0.25, 0.3) is 0 Å². The molecule has 1 unspecified atom stereocenters. The first kappa shape index (κ1) is 9.68. The predicted octanol–water partition coefficient (Wildman–Crippen LogP) is 1.96. The first-order valence-corrected chi connectivity index (χ1v) is 5.65. The van der Waals surface area contributed by atoms with Crippen LogP contribution >= 0.6 is 11.3 Å². The highest BCUT2D eigenvalue weighted by molar-refractivity contribution is 7.08. The average Bonchev–Trinajstić information content (AvgIpc) is 2.85. The monoisotopic (exact) mass is 211 g/mol. The molecule has 76 valence electrons.